The lowest BCUT2D eigenvalue weighted by atomic mass is 9.86. The molecule has 2 nitrogen and oxygen atoms in total. The average Bonchev–Trinajstić information content (AvgIpc) is 2.66. The van der Waals surface area contributed by atoms with Crippen molar-refractivity contribution >= 4 is 18.8 Å². The standard InChI is InChI=1S/C17H19BF4O2/c1-11(17(20,21)22)13-8-6-12(7-9-13)10-14(19)18-23-15(2,3)16(4,5)24-18/h6-10H,1H2,2-5H3. The van der Waals surface area contributed by atoms with Crippen molar-refractivity contribution in [2.75, 3.05) is 0 Å². The van der Waals surface area contributed by atoms with Crippen molar-refractivity contribution in [3.8, 4) is 0 Å². The van der Waals surface area contributed by atoms with Crippen LogP contribution in [0.3, 0.4) is 0 Å². The van der Waals surface area contributed by atoms with Crippen molar-refractivity contribution in [2.24, 2.45) is 0 Å². The molecule has 0 aromatic heterocycles. The summed E-state index contributed by atoms with van der Waals surface area (Å²) in [6.45, 7) is 10.2. The van der Waals surface area contributed by atoms with E-state index in [1.54, 1.807) is 27.7 Å². The predicted molar refractivity (Wildman–Crippen MR) is 86.7 cm³/mol. The zero-order valence-corrected chi connectivity index (χ0v) is 14.0. The lowest BCUT2D eigenvalue weighted by Gasteiger charge is -2.32. The molecule has 0 spiro atoms. The third-order valence-electron chi connectivity index (χ3n) is 4.38. The molecule has 2 rings (SSSR count). The second kappa shape index (κ2) is 6.04. The van der Waals surface area contributed by atoms with E-state index >= 15 is 0 Å². The summed E-state index contributed by atoms with van der Waals surface area (Å²) in [6.07, 6.45) is -3.31. The quantitative estimate of drug-likeness (QED) is 0.555. The maximum absolute atomic E-state index is 14.3. The summed E-state index contributed by atoms with van der Waals surface area (Å²) in [5.41, 5.74) is -2.58. The Hall–Kier alpha value is -1.60. The summed E-state index contributed by atoms with van der Waals surface area (Å²) in [6, 6.07) is 5.27. The van der Waals surface area contributed by atoms with Crippen LogP contribution < -0.4 is 0 Å². The van der Waals surface area contributed by atoms with Crippen LogP contribution in [0.5, 0.6) is 0 Å². The number of hydrogen-bond acceptors (Lipinski definition) is 2. The van der Waals surface area contributed by atoms with Gasteiger partial charge in [0.1, 0.15) is 5.73 Å². The maximum Gasteiger partial charge on any atom is 0.525 e. The summed E-state index contributed by atoms with van der Waals surface area (Å²) in [4.78, 5) is 0. The Kier molecular flexibility index (Phi) is 4.72. The Morgan fingerprint density at radius 1 is 1.04 bits per heavy atom. The molecular weight excluding hydrogens is 323 g/mol. The van der Waals surface area contributed by atoms with E-state index in [-0.39, 0.29) is 5.56 Å². The van der Waals surface area contributed by atoms with Crippen LogP contribution in [-0.2, 0) is 9.31 Å². The monoisotopic (exact) mass is 342 g/mol. The van der Waals surface area contributed by atoms with Crippen molar-refractivity contribution in [2.45, 2.75) is 45.1 Å². The Morgan fingerprint density at radius 2 is 1.50 bits per heavy atom. The van der Waals surface area contributed by atoms with E-state index in [0.29, 0.717) is 5.56 Å². The van der Waals surface area contributed by atoms with Crippen LogP contribution in [-0.4, -0.2) is 24.5 Å². The first-order valence-corrected chi connectivity index (χ1v) is 7.43. The zero-order valence-electron chi connectivity index (χ0n) is 14.0. The number of halogens is 4. The molecule has 0 radical (unpaired) electrons. The summed E-state index contributed by atoms with van der Waals surface area (Å²) in [5, 5.41) is 0. The van der Waals surface area contributed by atoms with Crippen molar-refractivity contribution < 1.29 is 26.9 Å². The first kappa shape index (κ1) is 18.7. The van der Waals surface area contributed by atoms with Gasteiger partial charge in [-0.3, -0.25) is 0 Å². The fourth-order valence-corrected chi connectivity index (χ4v) is 2.13. The van der Waals surface area contributed by atoms with Crippen molar-refractivity contribution in [1.29, 1.82) is 0 Å². The molecule has 1 aromatic rings. The summed E-state index contributed by atoms with van der Waals surface area (Å²) in [7, 11) is -1.14. The van der Waals surface area contributed by atoms with Gasteiger partial charge in [-0.25, -0.2) is 4.39 Å². The smallest absolute Gasteiger partial charge is 0.398 e. The number of benzene rings is 1. The second-order valence-electron chi connectivity index (χ2n) is 6.72. The fraction of sp³-hybridized carbons (Fsp3) is 0.412. The minimum absolute atomic E-state index is 0.0595. The molecule has 1 aliphatic heterocycles. The van der Waals surface area contributed by atoms with Crippen LogP contribution in [0, 0.1) is 0 Å². The zero-order chi connectivity index (χ0) is 18.3. The lowest BCUT2D eigenvalue weighted by molar-refractivity contribution is -0.0686. The van der Waals surface area contributed by atoms with E-state index in [2.05, 4.69) is 6.58 Å². The molecule has 0 atom stereocenters. The largest absolute Gasteiger partial charge is 0.525 e. The summed E-state index contributed by atoms with van der Waals surface area (Å²) in [5.74, 6) is 0. The lowest BCUT2D eigenvalue weighted by Crippen LogP contribution is -2.41. The molecule has 0 amide bonds. The van der Waals surface area contributed by atoms with Gasteiger partial charge in [-0.1, -0.05) is 30.8 Å². The van der Waals surface area contributed by atoms with E-state index < -0.39 is 35.8 Å². The Bertz CT molecular complexity index is 644. The summed E-state index contributed by atoms with van der Waals surface area (Å²) < 4.78 is 63.3. The van der Waals surface area contributed by atoms with Gasteiger partial charge in [-0.2, -0.15) is 13.2 Å². The average molecular weight is 342 g/mol. The molecule has 7 heteroatoms. The molecule has 1 fully saturated rings. The Labute approximate surface area is 139 Å². The van der Waals surface area contributed by atoms with Crippen molar-refractivity contribution in [1.82, 2.24) is 0 Å². The van der Waals surface area contributed by atoms with Crippen molar-refractivity contribution in [3.63, 3.8) is 0 Å². The van der Waals surface area contributed by atoms with Crippen LogP contribution in [0.15, 0.2) is 36.6 Å². The first-order chi connectivity index (χ1) is 10.8. The van der Waals surface area contributed by atoms with E-state index in [1.165, 1.54) is 30.3 Å². The number of rotatable bonds is 3. The highest BCUT2D eigenvalue weighted by molar-refractivity contribution is 6.54. The van der Waals surface area contributed by atoms with Crippen molar-refractivity contribution in [3.05, 3.63) is 47.7 Å². The van der Waals surface area contributed by atoms with Gasteiger partial charge in [-0.05, 0) is 44.9 Å². The van der Waals surface area contributed by atoms with Gasteiger partial charge in [0.2, 0.25) is 0 Å². The van der Waals surface area contributed by atoms with Gasteiger partial charge in [-0.15, -0.1) is 0 Å². The van der Waals surface area contributed by atoms with Gasteiger partial charge in [0, 0.05) is 0 Å². The number of hydrogen-bond donors (Lipinski definition) is 0. The Balaban J connectivity index is 2.16. The molecule has 24 heavy (non-hydrogen) atoms. The van der Waals surface area contributed by atoms with Gasteiger partial charge < -0.3 is 9.31 Å². The first-order valence-electron chi connectivity index (χ1n) is 7.43. The molecule has 130 valence electrons. The molecule has 1 heterocycles. The molecule has 0 bridgehead atoms. The Morgan fingerprint density at radius 3 is 1.92 bits per heavy atom. The van der Waals surface area contributed by atoms with E-state index in [4.69, 9.17) is 9.31 Å². The molecule has 0 unspecified atom stereocenters. The molecule has 0 saturated carbocycles. The topological polar surface area (TPSA) is 18.5 Å². The fourth-order valence-electron chi connectivity index (χ4n) is 2.13. The van der Waals surface area contributed by atoms with E-state index in [0.717, 1.165) is 0 Å². The molecule has 1 aromatic carbocycles. The molecule has 0 aliphatic carbocycles. The van der Waals surface area contributed by atoms with Crippen LogP contribution >= 0.6 is 0 Å². The predicted octanol–water partition coefficient (Wildman–Crippen LogP) is 5.20. The molecule has 0 N–H and O–H groups in total. The maximum atomic E-state index is 14.3. The molecule has 1 aliphatic rings. The van der Waals surface area contributed by atoms with Crippen LogP contribution in [0.1, 0.15) is 38.8 Å². The number of allylic oxidation sites excluding steroid dienone is 1. The third-order valence-corrected chi connectivity index (χ3v) is 4.38. The van der Waals surface area contributed by atoms with E-state index in [9.17, 15) is 17.6 Å². The van der Waals surface area contributed by atoms with Gasteiger partial charge in [0.25, 0.3) is 0 Å². The normalized spacial score (nSPS) is 20.3. The minimum atomic E-state index is -4.49. The van der Waals surface area contributed by atoms with Gasteiger partial charge in [0.05, 0.1) is 16.8 Å². The van der Waals surface area contributed by atoms with Crippen LogP contribution in [0.4, 0.5) is 17.6 Å². The highest BCUT2D eigenvalue weighted by atomic mass is 19.4. The number of alkyl halides is 3. The second-order valence-corrected chi connectivity index (χ2v) is 6.72. The van der Waals surface area contributed by atoms with Gasteiger partial charge in [0.15, 0.2) is 0 Å². The van der Waals surface area contributed by atoms with E-state index in [1.807, 2.05) is 0 Å². The minimum Gasteiger partial charge on any atom is -0.398 e. The highest BCUT2D eigenvalue weighted by Crippen LogP contribution is 2.39. The van der Waals surface area contributed by atoms with Gasteiger partial charge >= 0.3 is 13.3 Å². The molecular formula is C17H19BF4O2. The van der Waals surface area contributed by atoms with Crippen LogP contribution in [0.25, 0.3) is 11.6 Å². The summed E-state index contributed by atoms with van der Waals surface area (Å²) >= 11 is 0. The SMILES string of the molecule is C=C(c1ccc(C=C(F)B2OC(C)(C)C(C)(C)O2)cc1)C(F)(F)F. The van der Waals surface area contributed by atoms with Crippen LogP contribution in [0.2, 0.25) is 0 Å². The third kappa shape index (κ3) is 3.73. The highest BCUT2D eigenvalue weighted by Gasteiger charge is 2.53. The molecule has 1 saturated heterocycles.